The zero-order chi connectivity index (χ0) is 12.5. The molecular weight excluding hydrogens is 260 g/mol. The fourth-order valence-corrected chi connectivity index (χ4v) is 7.22. The Kier molecular flexibility index (Phi) is 3.27. The molecule has 17 heavy (non-hydrogen) atoms. The third-order valence-electron chi connectivity index (χ3n) is 2.83. The van der Waals surface area contributed by atoms with Gasteiger partial charge in [0.1, 0.15) is 0 Å². The summed E-state index contributed by atoms with van der Waals surface area (Å²) in [6, 6.07) is 8.17. The third-order valence-corrected chi connectivity index (χ3v) is 8.16. The van der Waals surface area contributed by atoms with Crippen molar-refractivity contribution in [2.45, 2.75) is 17.4 Å². The molecule has 1 aliphatic rings. The zero-order valence-electron chi connectivity index (χ0n) is 9.24. The lowest BCUT2D eigenvalue weighted by Gasteiger charge is -2.15. The Morgan fingerprint density at radius 2 is 1.29 bits per heavy atom. The van der Waals surface area contributed by atoms with Gasteiger partial charge in [-0.3, -0.25) is 0 Å². The highest BCUT2D eigenvalue weighted by Crippen LogP contribution is 2.33. The Labute approximate surface area is 102 Å². The number of sulfone groups is 2. The molecule has 1 aliphatic heterocycles. The first-order valence-corrected chi connectivity index (χ1v) is 8.85. The van der Waals surface area contributed by atoms with Crippen LogP contribution in [0.2, 0.25) is 0 Å². The van der Waals surface area contributed by atoms with Crippen LogP contribution in [0.4, 0.5) is 0 Å². The Balaban J connectivity index is 2.60. The molecule has 1 saturated heterocycles. The molecule has 0 saturated carbocycles. The number of rotatable bonds is 1. The molecule has 4 nitrogen and oxygen atoms in total. The fraction of sp³-hybridized carbons (Fsp3) is 0.455. The summed E-state index contributed by atoms with van der Waals surface area (Å²) in [5, 5.41) is 0. The van der Waals surface area contributed by atoms with Gasteiger partial charge in [0.15, 0.2) is 24.3 Å². The van der Waals surface area contributed by atoms with E-state index in [-0.39, 0.29) is 11.5 Å². The van der Waals surface area contributed by atoms with Crippen molar-refractivity contribution in [3.8, 4) is 0 Å². The third kappa shape index (κ3) is 2.52. The van der Waals surface area contributed by atoms with E-state index in [0.29, 0.717) is 18.4 Å². The molecule has 1 heterocycles. The summed E-state index contributed by atoms with van der Waals surface area (Å²) in [5.74, 6) is -0.0996. The van der Waals surface area contributed by atoms with Crippen LogP contribution in [0.3, 0.4) is 0 Å². The van der Waals surface area contributed by atoms with Crippen LogP contribution in [0, 0.1) is 0 Å². The largest absolute Gasteiger partial charge is 0.227 e. The van der Waals surface area contributed by atoms with Gasteiger partial charge in [0.25, 0.3) is 0 Å². The summed E-state index contributed by atoms with van der Waals surface area (Å²) in [6.07, 6.45) is 0.843. The second-order valence-corrected chi connectivity index (χ2v) is 8.89. The molecule has 0 unspecified atom stereocenters. The smallest absolute Gasteiger partial charge is 0.187 e. The van der Waals surface area contributed by atoms with Gasteiger partial charge in [0.2, 0.25) is 0 Å². The second-order valence-electron chi connectivity index (χ2n) is 4.18. The maximum Gasteiger partial charge on any atom is 0.187 e. The van der Waals surface area contributed by atoms with E-state index in [0.717, 1.165) is 0 Å². The van der Waals surface area contributed by atoms with Gasteiger partial charge in [-0.15, -0.1) is 0 Å². The minimum atomic E-state index is -3.61. The van der Waals surface area contributed by atoms with Gasteiger partial charge >= 0.3 is 0 Å². The van der Waals surface area contributed by atoms with E-state index in [1.54, 1.807) is 30.3 Å². The lowest BCUT2D eigenvalue weighted by Crippen LogP contribution is -2.23. The number of hydrogen-bond donors (Lipinski definition) is 0. The van der Waals surface area contributed by atoms with Gasteiger partial charge in [-0.05, 0) is 18.4 Å². The fourth-order valence-electron chi connectivity index (χ4n) is 2.07. The van der Waals surface area contributed by atoms with E-state index < -0.39 is 24.3 Å². The van der Waals surface area contributed by atoms with Crippen LogP contribution in [0.15, 0.2) is 30.3 Å². The molecular formula is C11H14O4S2. The van der Waals surface area contributed by atoms with Crippen molar-refractivity contribution in [1.29, 1.82) is 0 Å². The Morgan fingerprint density at radius 1 is 0.824 bits per heavy atom. The topological polar surface area (TPSA) is 68.3 Å². The molecule has 0 bridgehead atoms. The van der Waals surface area contributed by atoms with E-state index in [2.05, 4.69) is 0 Å². The lowest BCUT2D eigenvalue weighted by atomic mass is 10.2. The first-order valence-electron chi connectivity index (χ1n) is 5.41. The predicted molar refractivity (Wildman–Crippen MR) is 66.0 cm³/mol. The van der Waals surface area contributed by atoms with Gasteiger partial charge in [0, 0.05) is 0 Å². The highest BCUT2D eigenvalue weighted by molar-refractivity contribution is 8.08. The van der Waals surface area contributed by atoms with E-state index in [9.17, 15) is 16.8 Å². The van der Waals surface area contributed by atoms with E-state index >= 15 is 0 Å². The van der Waals surface area contributed by atoms with Crippen LogP contribution in [-0.2, 0) is 19.7 Å². The van der Waals surface area contributed by atoms with Crippen LogP contribution >= 0.6 is 0 Å². The van der Waals surface area contributed by atoms with Crippen molar-refractivity contribution >= 4 is 19.7 Å². The Bertz CT molecular complexity index is 552. The van der Waals surface area contributed by atoms with Gasteiger partial charge in [-0.2, -0.15) is 0 Å². The molecule has 94 valence electrons. The molecule has 0 amide bonds. The van der Waals surface area contributed by atoms with Gasteiger partial charge in [-0.25, -0.2) is 16.8 Å². The average molecular weight is 274 g/mol. The summed E-state index contributed by atoms with van der Waals surface area (Å²) in [6.45, 7) is 0. The summed E-state index contributed by atoms with van der Waals surface area (Å²) in [7, 11) is -7.22. The maximum atomic E-state index is 12.0. The minimum absolute atomic E-state index is 0.0498. The minimum Gasteiger partial charge on any atom is -0.227 e. The molecule has 0 spiro atoms. The Hall–Kier alpha value is -0.880. The molecule has 0 radical (unpaired) electrons. The standard InChI is InChI=1S/C11H14O4S2/c12-16(13)8-4-5-9-17(14,15)11(16)10-6-2-1-3-7-10/h1-3,6-7,11H,4-5,8-9H2. The van der Waals surface area contributed by atoms with E-state index in [1.807, 2.05) is 0 Å². The van der Waals surface area contributed by atoms with Gasteiger partial charge in [-0.1, -0.05) is 30.3 Å². The van der Waals surface area contributed by atoms with Crippen LogP contribution in [0.5, 0.6) is 0 Å². The Morgan fingerprint density at radius 3 is 1.76 bits per heavy atom. The normalized spacial score (nSPS) is 24.0. The van der Waals surface area contributed by atoms with Crippen molar-refractivity contribution in [2.75, 3.05) is 11.5 Å². The predicted octanol–water partition coefficient (Wildman–Crippen LogP) is 1.31. The molecule has 1 aromatic rings. The summed E-state index contributed by atoms with van der Waals surface area (Å²) in [5.41, 5.74) is 0.356. The second kappa shape index (κ2) is 4.42. The SMILES string of the molecule is O=S1(=O)CCCCS(=O)(=O)C1c1ccccc1. The maximum absolute atomic E-state index is 12.0. The first kappa shape index (κ1) is 12.6. The monoisotopic (exact) mass is 274 g/mol. The van der Waals surface area contributed by atoms with E-state index in [1.165, 1.54) is 0 Å². The van der Waals surface area contributed by atoms with Crippen molar-refractivity contribution in [1.82, 2.24) is 0 Å². The summed E-state index contributed by atoms with van der Waals surface area (Å²) < 4.78 is 46.8. The number of hydrogen-bond acceptors (Lipinski definition) is 4. The average Bonchev–Trinajstić information content (AvgIpc) is 2.35. The molecule has 1 aromatic carbocycles. The van der Waals surface area contributed by atoms with Crippen molar-refractivity contribution in [3.05, 3.63) is 35.9 Å². The molecule has 1 fully saturated rings. The van der Waals surface area contributed by atoms with Crippen LogP contribution in [0.1, 0.15) is 23.0 Å². The lowest BCUT2D eigenvalue weighted by molar-refractivity contribution is 0.580. The molecule has 0 N–H and O–H groups in total. The molecule has 6 heteroatoms. The van der Waals surface area contributed by atoms with Crippen LogP contribution < -0.4 is 0 Å². The van der Waals surface area contributed by atoms with Gasteiger partial charge in [0.05, 0.1) is 11.5 Å². The van der Waals surface area contributed by atoms with Crippen molar-refractivity contribution < 1.29 is 16.8 Å². The van der Waals surface area contributed by atoms with Crippen LogP contribution in [-0.4, -0.2) is 28.3 Å². The highest BCUT2D eigenvalue weighted by Gasteiger charge is 2.40. The molecule has 0 aliphatic carbocycles. The summed E-state index contributed by atoms with van der Waals surface area (Å²) >= 11 is 0. The quantitative estimate of drug-likeness (QED) is 0.774. The van der Waals surface area contributed by atoms with Crippen LogP contribution in [0.25, 0.3) is 0 Å². The van der Waals surface area contributed by atoms with Crippen molar-refractivity contribution in [3.63, 3.8) is 0 Å². The highest BCUT2D eigenvalue weighted by atomic mass is 32.3. The van der Waals surface area contributed by atoms with Crippen molar-refractivity contribution in [2.24, 2.45) is 0 Å². The molecule has 0 atom stereocenters. The summed E-state index contributed by atoms with van der Waals surface area (Å²) in [4.78, 5) is 0. The number of benzene rings is 1. The van der Waals surface area contributed by atoms with E-state index in [4.69, 9.17) is 0 Å². The molecule has 0 aromatic heterocycles. The first-order chi connectivity index (χ1) is 7.93. The molecule has 2 rings (SSSR count). The van der Waals surface area contributed by atoms with Gasteiger partial charge < -0.3 is 0 Å². The zero-order valence-corrected chi connectivity index (χ0v) is 10.9.